The van der Waals surface area contributed by atoms with E-state index in [0.29, 0.717) is 37.5 Å². The zero-order valence-corrected chi connectivity index (χ0v) is 16.8. The van der Waals surface area contributed by atoms with Crippen molar-refractivity contribution in [1.29, 1.82) is 0 Å². The molecule has 0 saturated carbocycles. The van der Waals surface area contributed by atoms with Gasteiger partial charge in [0.15, 0.2) is 11.7 Å². The summed E-state index contributed by atoms with van der Waals surface area (Å²) in [7, 11) is 1.74. The van der Waals surface area contributed by atoms with Gasteiger partial charge >= 0.3 is 0 Å². The smallest absolute Gasteiger partial charge is 0.218 e. The van der Waals surface area contributed by atoms with Crippen LogP contribution < -0.4 is 15.4 Å². The summed E-state index contributed by atoms with van der Waals surface area (Å²) in [5.74, 6) is 2.59. The Kier molecular flexibility index (Phi) is 8.61. The van der Waals surface area contributed by atoms with E-state index in [4.69, 9.17) is 9.26 Å². The first-order valence-electron chi connectivity index (χ1n) is 9.68. The topological polar surface area (TPSA) is 84.6 Å². The molecule has 0 atom stereocenters. The van der Waals surface area contributed by atoms with Crippen LogP contribution in [0.15, 0.2) is 33.9 Å². The Morgan fingerprint density at radius 1 is 1.22 bits per heavy atom. The number of ether oxygens (including phenoxy) is 1. The van der Waals surface area contributed by atoms with E-state index < -0.39 is 0 Å². The quantitative estimate of drug-likeness (QED) is 0.489. The summed E-state index contributed by atoms with van der Waals surface area (Å²) in [6.45, 7) is 8.17. The maximum absolute atomic E-state index is 5.69. The second-order valence-electron chi connectivity index (χ2n) is 6.33. The molecule has 0 aliphatic heterocycles. The Balaban J connectivity index is 1.88. The Hall–Kier alpha value is -2.57. The van der Waals surface area contributed by atoms with Crippen LogP contribution in [0.4, 0.5) is 0 Å². The standard InChI is InChI=1S/C20H31N5O2/c1-5-11-26-19-16(9-8-10-22-19)13-23-20(21-4)24-14-17-12-18(25-27-17)15(6-2)7-3/h8-10,12,15H,5-7,11,13-14H2,1-4H3,(H2,21,23,24). The lowest BCUT2D eigenvalue weighted by molar-refractivity contribution is 0.301. The third-order valence-corrected chi connectivity index (χ3v) is 4.37. The number of nitrogens with one attached hydrogen (secondary N) is 2. The van der Waals surface area contributed by atoms with E-state index in [-0.39, 0.29) is 0 Å². The molecule has 148 valence electrons. The minimum Gasteiger partial charge on any atom is -0.477 e. The Morgan fingerprint density at radius 3 is 2.70 bits per heavy atom. The molecular weight excluding hydrogens is 342 g/mol. The summed E-state index contributed by atoms with van der Waals surface area (Å²) in [6.07, 6.45) is 4.81. The van der Waals surface area contributed by atoms with E-state index in [0.717, 1.165) is 36.3 Å². The third-order valence-electron chi connectivity index (χ3n) is 4.37. The van der Waals surface area contributed by atoms with Gasteiger partial charge < -0.3 is 19.9 Å². The SMILES string of the molecule is CCCOc1ncccc1CNC(=NC)NCc1cc(C(CC)CC)no1. The molecule has 0 radical (unpaired) electrons. The van der Waals surface area contributed by atoms with Crippen molar-refractivity contribution < 1.29 is 9.26 Å². The molecular formula is C20H31N5O2. The first kappa shape index (κ1) is 20.7. The number of rotatable bonds is 10. The molecule has 0 saturated heterocycles. The summed E-state index contributed by atoms with van der Waals surface area (Å²) in [5.41, 5.74) is 2.01. The monoisotopic (exact) mass is 373 g/mol. The first-order chi connectivity index (χ1) is 13.2. The van der Waals surface area contributed by atoms with Crippen LogP contribution in [0.2, 0.25) is 0 Å². The van der Waals surface area contributed by atoms with E-state index in [1.54, 1.807) is 13.2 Å². The second-order valence-corrected chi connectivity index (χ2v) is 6.33. The van der Waals surface area contributed by atoms with Crippen molar-refractivity contribution in [3.05, 3.63) is 41.4 Å². The van der Waals surface area contributed by atoms with E-state index in [1.807, 2.05) is 18.2 Å². The van der Waals surface area contributed by atoms with Crippen LogP contribution in [0.1, 0.15) is 63.0 Å². The lowest BCUT2D eigenvalue weighted by atomic mass is 9.99. The number of guanidine groups is 1. The van der Waals surface area contributed by atoms with Gasteiger partial charge in [0.25, 0.3) is 0 Å². The fraction of sp³-hybridized carbons (Fsp3) is 0.550. The minimum absolute atomic E-state index is 0.451. The van der Waals surface area contributed by atoms with Crippen LogP contribution >= 0.6 is 0 Å². The normalized spacial score (nSPS) is 11.7. The van der Waals surface area contributed by atoms with Gasteiger partial charge in [0.05, 0.1) is 18.8 Å². The fourth-order valence-corrected chi connectivity index (χ4v) is 2.77. The molecule has 2 aromatic heterocycles. The second kappa shape index (κ2) is 11.2. The van der Waals surface area contributed by atoms with Crippen molar-refractivity contribution in [2.24, 2.45) is 4.99 Å². The average molecular weight is 374 g/mol. The molecule has 0 aromatic carbocycles. The highest BCUT2D eigenvalue weighted by molar-refractivity contribution is 5.79. The largest absolute Gasteiger partial charge is 0.477 e. The van der Waals surface area contributed by atoms with Crippen molar-refractivity contribution in [1.82, 2.24) is 20.8 Å². The molecule has 2 aromatic rings. The predicted octanol–water partition coefficient (Wildman–Crippen LogP) is 3.63. The van der Waals surface area contributed by atoms with Crippen molar-refractivity contribution in [2.45, 2.75) is 59.0 Å². The van der Waals surface area contributed by atoms with Crippen LogP contribution in [-0.2, 0) is 13.1 Å². The van der Waals surface area contributed by atoms with Crippen molar-refractivity contribution in [3.63, 3.8) is 0 Å². The van der Waals surface area contributed by atoms with Gasteiger partial charge in [-0.15, -0.1) is 0 Å². The molecule has 2 rings (SSSR count). The zero-order valence-electron chi connectivity index (χ0n) is 16.8. The molecule has 7 heteroatoms. The van der Waals surface area contributed by atoms with Crippen LogP contribution in [0.25, 0.3) is 0 Å². The van der Waals surface area contributed by atoms with Gasteiger partial charge in [0, 0.05) is 37.3 Å². The minimum atomic E-state index is 0.451. The molecule has 0 aliphatic carbocycles. The maximum Gasteiger partial charge on any atom is 0.218 e. The van der Waals surface area contributed by atoms with E-state index >= 15 is 0 Å². The van der Waals surface area contributed by atoms with E-state index in [1.165, 1.54) is 0 Å². The van der Waals surface area contributed by atoms with Gasteiger partial charge in [-0.3, -0.25) is 4.99 Å². The summed E-state index contributed by atoms with van der Waals surface area (Å²) in [5, 5.41) is 10.7. The van der Waals surface area contributed by atoms with Crippen molar-refractivity contribution >= 4 is 5.96 Å². The highest BCUT2D eigenvalue weighted by atomic mass is 16.5. The number of hydrogen-bond donors (Lipinski definition) is 2. The Labute approximate surface area is 161 Å². The van der Waals surface area contributed by atoms with Gasteiger partial charge in [-0.25, -0.2) is 4.98 Å². The molecule has 0 amide bonds. The van der Waals surface area contributed by atoms with Gasteiger partial charge in [-0.05, 0) is 25.3 Å². The maximum atomic E-state index is 5.69. The Morgan fingerprint density at radius 2 is 2.00 bits per heavy atom. The number of aliphatic imine (C=N–C) groups is 1. The number of pyridine rings is 1. The van der Waals surface area contributed by atoms with Crippen LogP contribution in [0.5, 0.6) is 5.88 Å². The highest BCUT2D eigenvalue weighted by Gasteiger charge is 2.13. The molecule has 0 fully saturated rings. The van der Waals surface area contributed by atoms with Gasteiger partial charge in [0.2, 0.25) is 5.88 Å². The molecule has 0 bridgehead atoms. The summed E-state index contributed by atoms with van der Waals surface area (Å²) >= 11 is 0. The molecule has 0 aliphatic rings. The zero-order chi connectivity index (χ0) is 19.5. The molecule has 0 unspecified atom stereocenters. The predicted molar refractivity (Wildman–Crippen MR) is 107 cm³/mol. The first-order valence-corrected chi connectivity index (χ1v) is 9.68. The molecule has 2 N–H and O–H groups in total. The third kappa shape index (κ3) is 6.27. The van der Waals surface area contributed by atoms with Crippen LogP contribution in [-0.4, -0.2) is 29.8 Å². The van der Waals surface area contributed by atoms with E-state index in [9.17, 15) is 0 Å². The molecule has 27 heavy (non-hydrogen) atoms. The molecule has 7 nitrogen and oxygen atoms in total. The summed E-state index contributed by atoms with van der Waals surface area (Å²) in [6, 6.07) is 5.92. The van der Waals surface area contributed by atoms with Crippen LogP contribution in [0, 0.1) is 0 Å². The lowest BCUT2D eigenvalue weighted by Crippen LogP contribution is -2.36. The number of aromatic nitrogens is 2. The molecule has 0 spiro atoms. The number of nitrogens with zero attached hydrogens (tertiary/aromatic N) is 3. The van der Waals surface area contributed by atoms with Crippen molar-refractivity contribution in [2.75, 3.05) is 13.7 Å². The summed E-state index contributed by atoms with van der Waals surface area (Å²) < 4.78 is 11.1. The fourth-order valence-electron chi connectivity index (χ4n) is 2.77. The van der Waals surface area contributed by atoms with Gasteiger partial charge in [-0.2, -0.15) is 0 Å². The highest BCUT2D eigenvalue weighted by Crippen LogP contribution is 2.22. The Bertz CT molecular complexity index is 710. The van der Waals surface area contributed by atoms with E-state index in [2.05, 4.69) is 46.5 Å². The van der Waals surface area contributed by atoms with Gasteiger partial charge in [0.1, 0.15) is 0 Å². The van der Waals surface area contributed by atoms with Crippen LogP contribution in [0.3, 0.4) is 0 Å². The lowest BCUT2D eigenvalue weighted by Gasteiger charge is -2.13. The number of hydrogen-bond acceptors (Lipinski definition) is 5. The van der Waals surface area contributed by atoms with Gasteiger partial charge in [-0.1, -0.05) is 32.0 Å². The van der Waals surface area contributed by atoms with Crippen molar-refractivity contribution in [3.8, 4) is 5.88 Å². The summed E-state index contributed by atoms with van der Waals surface area (Å²) in [4.78, 5) is 8.56. The molecule has 2 heterocycles. The average Bonchev–Trinajstić information content (AvgIpc) is 3.17.